The van der Waals surface area contributed by atoms with Gasteiger partial charge in [-0.05, 0) is 18.2 Å². The largest absolute Gasteiger partial charge is 0.431 e. The van der Waals surface area contributed by atoms with Gasteiger partial charge in [-0.1, -0.05) is 30.0 Å². The normalized spacial score (nSPS) is 10.8. The molecule has 3 aromatic rings. The van der Waals surface area contributed by atoms with Crippen LogP contribution in [0.3, 0.4) is 0 Å². The van der Waals surface area contributed by atoms with E-state index < -0.39 is 0 Å². The van der Waals surface area contributed by atoms with Gasteiger partial charge in [0.2, 0.25) is 0 Å². The molecule has 0 bridgehead atoms. The number of benzene rings is 1. The molecule has 19 heavy (non-hydrogen) atoms. The van der Waals surface area contributed by atoms with E-state index in [2.05, 4.69) is 15.4 Å². The van der Waals surface area contributed by atoms with Crippen LogP contribution in [0.5, 0.6) is 0 Å². The minimum atomic E-state index is 0.646. The third-order valence-electron chi connectivity index (χ3n) is 2.65. The molecule has 96 valence electrons. The summed E-state index contributed by atoms with van der Waals surface area (Å²) in [4.78, 5) is 8.56. The number of oxazole rings is 1. The van der Waals surface area contributed by atoms with Crippen LogP contribution in [0.4, 0.5) is 5.82 Å². The Kier molecular flexibility index (Phi) is 3.35. The molecule has 0 unspecified atom stereocenters. The van der Waals surface area contributed by atoms with Gasteiger partial charge in [0.25, 0.3) is 5.22 Å². The number of hydrogen-bond acceptors (Lipinski definition) is 6. The summed E-state index contributed by atoms with van der Waals surface area (Å²) < 4.78 is 5.64. The predicted molar refractivity (Wildman–Crippen MR) is 75.6 cm³/mol. The van der Waals surface area contributed by atoms with E-state index in [1.165, 1.54) is 11.8 Å². The smallest absolute Gasteiger partial charge is 0.257 e. The van der Waals surface area contributed by atoms with Crippen molar-refractivity contribution in [2.24, 2.45) is 5.84 Å². The van der Waals surface area contributed by atoms with Crippen LogP contribution in [-0.4, -0.2) is 9.97 Å². The number of rotatable bonds is 4. The van der Waals surface area contributed by atoms with Crippen molar-refractivity contribution >= 4 is 28.7 Å². The van der Waals surface area contributed by atoms with Crippen LogP contribution >= 0.6 is 11.8 Å². The molecule has 0 radical (unpaired) electrons. The first-order valence-electron chi connectivity index (χ1n) is 5.75. The number of nitrogen functional groups attached to an aromatic ring is 1. The van der Waals surface area contributed by atoms with E-state index in [1.807, 2.05) is 36.4 Å². The molecule has 3 N–H and O–H groups in total. The number of para-hydroxylation sites is 2. The number of nitrogens with one attached hydrogen (secondary N) is 1. The fourth-order valence-corrected chi connectivity index (χ4v) is 2.56. The molecule has 2 aromatic heterocycles. The summed E-state index contributed by atoms with van der Waals surface area (Å²) >= 11 is 1.52. The number of hydrogen-bond donors (Lipinski definition) is 2. The van der Waals surface area contributed by atoms with E-state index in [0.29, 0.717) is 16.8 Å². The highest BCUT2D eigenvalue weighted by Gasteiger charge is 2.08. The number of thioether (sulfide) groups is 1. The average Bonchev–Trinajstić information content (AvgIpc) is 2.88. The van der Waals surface area contributed by atoms with Crippen molar-refractivity contribution in [3.8, 4) is 0 Å². The van der Waals surface area contributed by atoms with Crippen LogP contribution < -0.4 is 11.3 Å². The van der Waals surface area contributed by atoms with E-state index in [0.717, 1.165) is 16.7 Å². The molecule has 0 saturated carbocycles. The minimum absolute atomic E-state index is 0.646. The molecule has 0 saturated heterocycles. The summed E-state index contributed by atoms with van der Waals surface area (Å²) in [5.74, 6) is 6.79. The number of nitrogens with two attached hydrogens (primary N) is 1. The Balaban J connectivity index is 1.78. The van der Waals surface area contributed by atoms with Crippen LogP contribution in [0.25, 0.3) is 11.1 Å². The van der Waals surface area contributed by atoms with E-state index >= 15 is 0 Å². The van der Waals surface area contributed by atoms with Crippen molar-refractivity contribution in [2.45, 2.75) is 11.0 Å². The number of hydrazine groups is 1. The van der Waals surface area contributed by atoms with Gasteiger partial charge in [-0.25, -0.2) is 15.8 Å². The van der Waals surface area contributed by atoms with Crippen LogP contribution in [-0.2, 0) is 5.75 Å². The quantitative estimate of drug-likeness (QED) is 0.432. The lowest BCUT2D eigenvalue weighted by Crippen LogP contribution is -2.10. The highest BCUT2D eigenvalue weighted by molar-refractivity contribution is 7.98. The fraction of sp³-hybridized carbons (Fsp3) is 0.0769. The van der Waals surface area contributed by atoms with E-state index in [9.17, 15) is 0 Å². The second-order valence-electron chi connectivity index (χ2n) is 3.89. The Morgan fingerprint density at radius 2 is 2.11 bits per heavy atom. The maximum atomic E-state index is 5.64. The summed E-state index contributed by atoms with van der Waals surface area (Å²) in [6.07, 6.45) is 1.70. The second kappa shape index (κ2) is 5.29. The lowest BCUT2D eigenvalue weighted by molar-refractivity contribution is 0.489. The third kappa shape index (κ3) is 2.54. The Morgan fingerprint density at radius 3 is 2.95 bits per heavy atom. The summed E-state index contributed by atoms with van der Waals surface area (Å²) in [6.45, 7) is 0. The minimum Gasteiger partial charge on any atom is -0.431 e. The van der Waals surface area contributed by atoms with Gasteiger partial charge in [0.1, 0.15) is 11.3 Å². The summed E-state index contributed by atoms with van der Waals surface area (Å²) in [7, 11) is 0. The molecular weight excluding hydrogens is 260 g/mol. The zero-order valence-corrected chi connectivity index (χ0v) is 10.9. The van der Waals surface area contributed by atoms with Gasteiger partial charge >= 0.3 is 0 Å². The second-order valence-corrected chi connectivity index (χ2v) is 4.82. The van der Waals surface area contributed by atoms with Gasteiger partial charge in [0, 0.05) is 17.5 Å². The average molecular weight is 272 g/mol. The highest BCUT2D eigenvalue weighted by Crippen LogP contribution is 2.27. The molecule has 0 atom stereocenters. The molecule has 0 aliphatic heterocycles. The van der Waals surface area contributed by atoms with Gasteiger partial charge in [-0.15, -0.1) is 0 Å². The van der Waals surface area contributed by atoms with Crippen molar-refractivity contribution in [1.29, 1.82) is 0 Å². The first-order valence-corrected chi connectivity index (χ1v) is 6.74. The van der Waals surface area contributed by atoms with Gasteiger partial charge < -0.3 is 9.84 Å². The van der Waals surface area contributed by atoms with Crippen LogP contribution in [0.2, 0.25) is 0 Å². The number of fused-ring (bicyclic) bond motifs is 1. The van der Waals surface area contributed by atoms with E-state index in [4.69, 9.17) is 10.3 Å². The third-order valence-corrected chi connectivity index (χ3v) is 3.53. The SMILES string of the molecule is NNc1ncccc1CSc1nc2ccccc2o1. The van der Waals surface area contributed by atoms with Crippen molar-refractivity contribution in [2.75, 3.05) is 5.43 Å². The lowest BCUT2D eigenvalue weighted by atomic mass is 10.3. The van der Waals surface area contributed by atoms with Gasteiger partial charge in [0.05, 0.1) is 0 Å². The first-order chi connectivity index (χ1) is 9.36. The molecule has 0 aliphatic carbocycles. The molecule has 3 rings (SSSR count). The van der Waals surface area contributed by atoms with Crippen molar-refractivity contribution < 1.29 is 4.42 Å². The maximum absolute atomic E-state index is 5.64. The fourth-order valence-electron chi connectivity index (χ4n) is 1.74. The summed E-state index contributed by atoms with van der Waals surface area (Å²) in [5.41, 5.74) is 5.26. The first kappa shape index (κ1) is 12.0. The molecule has 1 aromatic carbocycles. The molecule has 0 amide bonds. The Morgan fingerprint density at radius 1 is 1.21 bits per heavy atom. The number of anilines is 1. The molecule has 0 aliphatic rings. The summed E-state index contributed by atoms with van der Waals surface area (Å²) in [6, 6.07) is 11.6. The van der Waals surface area contributed by atoms with E-state index in [-0.39, 0.29) is 0 Å². The Hall–Kier alpha value is -2.05. The van der Waals surface area contributed by atoms with E-state index in [1.54, 1.807) is 6.20 Å². The van der Waals surface area contributed by atoms with Gasteiger partial charge in [0.15, 0.2) is 5.58 Å². The molecule has 0 fully saturated rings. The lowest BCUT2D eigenvalue weighted by Gasteiger charge is -2.05. The molecule has 2 heterocycles. The van der Waals surface area contributed by atoms with Crippen molar-refractivity contribution in [3.63, 3.8) is 0 Å². The van der Waals surface area contributed by atoms with Crippen molar-refractivity contribution in [1.82, 2.24) is 9.97 Å². The topological polar surface area (TPSA) is 77.0 Å². The van der Waals surface area contributed by atoms with Crippen LogP contribution in [0.1, 0.15) is 5.56 Å². The molecule has 5 nitrogen and oxygen atoms in total. The molecule has 6 heteroatoms. The van der Waals surface area contributed by atoms with Crippen molar-refractivity contribution in [3.05, 3.63) is 48.2 Å². The van der Waals surface area contributed by atoms with Gasteiger partial charge in [-0.3, -0.25) is 0 Å². The highest BCUT2D eigenvalue weighted by atomic mass is 32.2. The molecular formula is C13H12N4OS. The zero-order chi connectivity index (χ0) is 13.1. The van der Waals surface area contributed by atoms with Crippen LogP contribution in [0.15, 0.2) is 52.2 Å². The maximum Gasteiger partial charge on any atom is 0.257 e. The van der Waals surface area contributed by atoms with Gasteiger partial charge in [-0.2, -0.15) is 0 Å². The monoisotopic (exact) mass is 272 g/mol. The Bertz CT molecular complexity index is 665. The number of aromatic nitrogens is 2. The van der Waals surface area contributed by atoms with Crippen LogP contribution in [0, 0.1) is 0 Å². The standard InChI is InChI=1S/C13H12N4OS/c14-17-12-9(4-3-7-15-12)8-19-13-16-10-5-1-2-6-11(10)18-13/h1-7H,8,14H2,(H,15,17). The predicted octanol–water partition coefficient (Wildman–Crippen LogP) is 2.80. The zero-order valence-electron chi connectivity index (χ0n) is 10.0. The molecule has 0 spiro atoms. The number of nitrogens with zero attached hydrogens (tertiary/aromatic N) is 2. The summed E-state index contributed by atoms with van der Waals surface area (Å²) in [5, 5.41) is 0.646. The number of pyridine rings is 1. The Labute approximate surface area is 114 Å².